The molecule has 0 aliphatic rings. The van der Waals surface area contributed by atoms with Crippen LogP contribution in [0.2, 0.25) is 5.15 Å². The number of hydrogen-bond acceptors (Lipinski definition) is 4. The standard InChI is InChI=1S/C14H13BrClNO3/c1-2-3-7-20-14(19)11-12(18)10-8(13(16)17-11)5-4-6-9(10)15/h4-6,18H,2-3,7H2,1H3. The summed E-state index contributed by atoms with van der Waals surface area (Å²) in [7, 11) is 0. The lowest BCUT2D eigenvalue weighted by Crippen LogP contribution is -2.09. The van der Waals surface area contributed by atoms with Crippen molar-refractivity contribution in [2.45, 2.75) is 19.8 Å². The number of aromatic hydroxyl groups is 1. The maximum absolute atomic E-state index is 11.9. The minimum absolute atomic E-state index is 0.154. The largest absolute Gasteiger partial charge is 0.505 e. The Bertz CT molecular complexity index is 660. The number of carbonyl (C=O) groups excluding carboxylic acids is 1. The third-order valence-electron chi connectivity index (χ3n) is 2.83. The van der Waals surface area contributed by atoms with Crippen LogP contribution in [0, 0.1) is 0 Å². The summed E-state index contributed by atoms with van der Waals surface area (Å²) < 4.78 is 5.70. The zero-order valence-electron chi connectivity index (χ0n) is 10.8. The fraction of sp³-hybridized carbons (Fsp3) is 0.286. The van der Waals surface area contributed by atoms with Crippen LogP contribution in [0.1, 0.15) is 30.3 Å². The van der Waals surface area contributed by atoms with E-state index in [0.717, 1.165) is 12.8 Å². The first-order valence-electron chi connectivity index (χ1n) is 6.20. The summed E-state index contributed by atoms with van der Waals surface area (Å²) in [5.74, 6) is -0.895. The highest BCUT2D eigenvalue weighted by Crippen LogP contribution is 2.37. The molecule has 1 aromatic carbocycles. The van der Waals surface area contributed by atoms with Crippen LogP contribution < -0.4 is 0 Å². The van der Waals surface area contributed by atoms with Gasteiger partial charge in [0.05, 0.1) is 6.61 Å². The van der Waals surface area contributed by atoms with Crippen LogP contribution in [0.4, 0.5) is 0 Å². The van der Waals surface area contributed by atoms with Gasteiger partial charge >= 0.3 is 5.97 Å². The Morgan fingerprint density at radius 1 is 1.50 bits per heavy atom. The monoisotopic (exact) mass is 357 g/mol. The number of unbranched alkanes of at least 4 members (excludes halogenated alkanes) is 1. The summed E-state index contributed by atoms with van der Waals surface area (Å²) in [6.45, 7) is 2.29. The van der Waals surface area contributed by atoms with Crippen LogP contribution in [0.15, 0.2) is 22.7 Å². The van der Waals surface area contributed by atoms with Crippen molar-refractivity contribution >= 4 is 44.3 Å². The average molecular weight is 359 g/mol. The molecule has 0 spiro atoms. The molecule has 0 saturated carbocycles. The number of benzene rings is 1. The Morgan fingerprint density at radius 2 is 2.25 bits per heavy atom. The number of carbonyl (C=O) groups is 1. The number of aromatic nitrogens is 1. The SMILES string of the molecule is CCCCOC(=O)c1nc(Cl)c2cccc(Br)c2c1O. The van der Waals surface area contributed by atoms with E-state index in [-0.39, 0.29) is 16.6 Å². The van der Waals surface area contributed by atoms with E-state index in [9.17, 15) is 9.90 Å². The molecule has 0 saturated heterocycles. The van der Waals surface area contributed by atoms with Crippen molar-refractivity contribution in [3.05, 3.63) is 33.5 Å². The number of fused-ring (bicyclic) bond motifs is 1. The van der Waals surface area contributed by atoms with Crippen molar-refractivity contribution < 1.29 is 14.6 Å². The molecule has 2 rings (SSSR count). The lowest BCUT2D eigenvalue weighted by molar-refractivity contribution is 0.0489. The van der Waals surface area contributed by atoms with Gasteiger partial charge in [-0.15, -0.1) is 0 Å². The van der Waals surface area contributed by atoms with E-state index in [2.05, 4.69) is 20.9 Å². The lowest BCUT2D eigenvalue weighted by Gasteiger charge is -2.10. The molecule has 0 aliphatic carbocycles. The fourth-order valence-corrected chi connectivity index (χ4v) is 2.58. The Balaban J connectivity index is 2.47. The number of rotatable bonds is 4. The Kier molecular flexibility index (Phi) is 4.83. The van der Waals surface area contributed by atoms with Gasteiger partial charge < -0.3 is 9.84 Å². The normalized spacial score (nSPS) is 10.8. The smallest absolute Gasteiger partial charge is 0.360 e. The highest BCUT2D eigenvalue weighted by Gasteiger charge is 2.21. The molecule has 106 valence electrons. The van der Waals surface area contributed by atoms with Crippen LogP contribution in [0.25, 0.3) is 10.8 Å². The average Bonchev–Trinajstić information content (AvgIpc) is 2.42. The molecule has 0 radical (unpaired) electrons. The number of ether oxygens (including phenoxy) is 1. The van der Waals surface area contributed by atoms with Crippen molar-refractivity contribution in [1.82, 2.24) is 4.98 Å². The van der Waals surface area contributed by atoms with Crippen LogP contribution in [-0.4, -0.2) is 22.7 Å². The Hall–Kier alpha value is -1.33. The van der Waals surface area contributed by atoms with Crippen molar-refractivity contribution in [2.24, 2.45) is 0 Å². The van der Waals surface area contributed by atoms with Crippen molar-refractivity contribution in [3.63, 3.8) is 0 Å². The van der Waals surface area contributed by atoms with Gasteiger partial charge in [0.1, 0.15) is 5.15 Å². The highest BCUT2D eigenvalue weighted by molar-refractivity contribution is 9.10. The maximum atomic E-state index is 11.9. The van der Waals surface area contributed by atoms with Gasteiger partial charge in [0.25, 0.3) is 0 Å². The third-order valence-corrected chi connectivity index (χ3v) is 3.78. The second kappa shape index (κ2) is 6.41. The summed E-state index contributed by atoms with van der Waals surface area (Å²) in [4.78, 5) is 15.9. The summed E-state index contributed by atoms with van der Waals surface area (Å²) in [5, 5.41) is 11.4. The van der Waals surface area contributed by atoms with E-state index in [0.29, 0.717) is 21.9 Å². The predicted molar refractivity (Wildman–Crippen MR) is 81.3 cm³/mol. The summed E-state index contributed by atoms with van der Waals surface area (Å²) >= 11 is 9.39. The number of esters is 1. The molecular weight excluding hydrogens is 346 g/mol. The summed E-state index contributed by atoms with van der Waals surface area (Å²) in [6.07, 6.45) is 1.67. The van der Waals surface area contributed by atoms with Crippen LogP contribution in [-0.2, 0) is 4.74 Å². The quantitative estimate of drug-likeness (QED) is 0.502. The van der Waals surface area contributed by atoms with E-state index in [1.807, 2.05) is 6.92 Å². The molecule has 0 atom stereocenters. The van der Waals surface area contributed by atoms with Gasteiger partial charge in [-0.05, 0) is 12.5 Å². The van der Waals surface area contributed by atoms with Crippen molar-refractivity contribution in [2.75, 3.05) is 6.61 Å². The number of nitrogens with zero attached hydrogens (tertiary/aromatic N) is 1. The van der Waals surface area contributed by atoms with Gasteiger partial charge in [-0.3, -0.25) is 0 Å². The first-order valence-corrected chi connectivity index (χ1v) is 7.37. The Morgan fingerprint density at radius 3 is 2.95 bits per heavy atom. The van der Waals surface area contributed by atoms with Crippen molar-refractivity contribution in [3.8, 4) is 5.75 Å². The van der Waals surface area contributed by atoms with Crippen molar-refractivity contribution in [1.29, 1.82) is 0 Å². The molecule has 20 heavy (non-hydrogen) atoms. The maximum Gasteiger partial charge on any atom is 0.360 e. The molecule has 0 fully saturated rings. The molecule has 6 heteroatoms. The van der Waals surface area contributed by atoms with Crippen LogP contribution in [0.3, 0.4) is 0 Å². The van der Waals surface area contributed by atoms with E-state index in [1.54, 1.807) is 18.2 Å². The van der Waals surface area contributed by atoms with E-state index in [4.69, 9.17) is 16.3 Å². The number of pyridine rings is 1. The minimum atomic E-state index is -0.671. The number of hydrogen-bond donors (Lipinski definition) is 1. The van der Waals surface area contributed by atoms with E-state index in [1.165, 1.54) is 0 Å². The van der Waals surface area contributed by atoms with Gasteiger partial charge in [0.15, 0.2) is 11.4 Å². The highest BCUT2D eigenvalue weighted by atomic mass is 79.9. The molecule has 0 aliphatic heterocycles. The van der Waals surface area contributed by atoms with Gasteiger partial charge in [-0.1, -0.05) is 53.0 Å². The van der Waals surface area contributed by atoms with Gasteiger partial charge in [-0.2, -0.15) is 0 Å². The zero-order chi connectivity index (χ0) is 14.7. The predicted octanol–water partition coefficient (Wildman–Crippen LogP) is 4.31. The van der Waals surface area contributed by atoms with Gasteiger partial charge in [0, 0.05) is 15.2 Å². The topological polar surface area (TPSA) is 59.4 Å². The first kappa shape index (κ1) is 15.1. The first-order chi connectivity index (χ1) is 9.56. The summed E-state index contributed by atoms with van der Waals surface area (Å²) in [5.41, 5.74) is -0.162. The van der Waals surface area contributed by atoms with Crippen LogP contribution >= 0.6 is 27.5 Å². The molecule has 0 amide bonds. The lowest BCUT2D eigenvalue weighted by atomic mass is 10.1. The second-order valence-corrected chi connectivity index (χ2v) is 5.46. The number of halogens is 2. The summed E-state index contributed by atoms with van der Waals surface area (Å²) in [6, 6.07) is 5.25. The molecular formula is C14H13BrClNO3. The van der Waals surface area contributed by atoms with Crippen LogP contribution in [0.5, 0.6) is 5.75 Å². The van der Waals surface area contributed by atoms with E-state index >= 15 is 0 Å². The molecule has 1 aromatic heterocycles. The molecule has 0 unspecified atom stereocenters. The third kappa shape index (κ3) is 2.88. The molecule has 2 aromatic rings. The molecule has 1 N–H and O–H groups in total. The molecule has 1 heterocycles. The zero-order valence-corrected chi connectivity index (χ0v) is 13.2. The van der Waals surface area contributed by atoms with Gasteiger partial charge in [0.2, 0.25) is 0 Å². The molecule has 4 nitrogen and oxygen atoms in total. The van der Waals surface area contributed by atoms with E-state index < -0.39 is 5.97 Å². The fourth-order valence-electron chi connectivity index (χ4n) is 1.79. The Labute approximate surface area is 129 Å². The molecule has 0 bridgehead atoms. The van der Waals surface area contributed by atoms with Gasteiger partial charge in [-0.25, -0.2) is 9.78 Å². The minimum Gasteiger partial charge on any atom is -0.505 e. The second-order valence-electron chi connectivity index (χ2n) is 4.25.